The van der Waals surface area contributed by atoms with Gasteiger partial charge in [-0.1, -0.05) is 5.16 Å². The van der Waals surface area contributed by atoms with E-state index in [1.165, 1.54) is 0 Å². The highest BCUT2D eigenvalue weighted by Gasteiger charge is 2.41. The highest BCUT2D eigenvalue weighted by atomic mass is 32.2. The number of nitrogens with zero attached hydrogens (tertiary/aromatic N) is 4. The van der Waals surface area contributed by atoms with Gasteiger partial charge in [0.05, 0.1) is 6.20 Å². The third kappa shape index (κ3) is 5.33. The van der Waals surface area contributed by atoms with E-state index >= 15 is 0 Å². The van der Waals surface area contributed by atoms with E-state index in [2.05, 4.69) is 24.3 Å². The number of aromatic nitrogens is 2. The predicted octanol–water partition coefficient (Wildman–Crippen LogP) is 1.10. The summed E-state index contributed by atoms with van der Waals surface area (Å²) in [6.07, 6.45) is 8.13. The Morgan fingerprint density at radius 1 is 1.18 bits per heavy atom. The van der Waals surface area contributed by atoms with Gasteiger partial charge < -0.3 is 19.4 Å². The molecule has 178 valence electrons. The third-order valence-corrected chi connectivity index (χ3v) is 8.02. The van der Waals surface area contributed by atoms with Crippen molar-refractivity contribution in [2.75, 3.05) is 31.1 Å². The summed E-state index contributed by atoms with van der Waals surface area (Å²) in [7, 11) is -4.10. The van der Waals surface area contributed by atoms with E-state index in [0.717, 1.165) is 50.5 Å². The number of carbonyl (C=O) groups excluding carboxylic acids is 1. The van der Waals surface area contributed by atoms with Crippen LogP contribution in [0.3, 0.4) is 0 Å². The van der Waals surface area contributed by atoms with Crippen LogP contribution in [0.25, 0.3) is 0 Å². The molecule has 0 aromatic carbocycles. The molecule has 2 saturated heterocycles. The van der Waals surface area contributed by atoms with Gasteiger partial charge >= 0.3 is 5.97 Å². The summed E-state index contributed by atoms with van der Waals surface area (Å²) in [5, 5.41) is 12.7. The molecule has 12 heteroatoms. The number of piperidine rings is 1. The van der Waals surface area contributed by atoms with Gasteiger partial charge in [0.15, 0.2) is 0 Å². The van der Waals surface area contributed by atoms with Crippen LogP contribution in [0.1, 0.15) is 32.1 Å². The molecule has 0 unspecified atom stereocenters. The Balaban J connectivity index is 1.28. The molecule has 1 atom stereocenters. The van der Waals surface area contributed by atoms with Crippen LogP contribution in [0.5, 0.6) is 0 Å². The number of anilines is 1. The van der Waals surface area contributed by atoms with Gasteiger partial charge in [0.25, 0.3) is 0 Å². The normalized spacial score (nSPS) is 19.0. The first-order valence-corrected chi connectivity index (χ1v) is 12.3. The zero-order valence-electron chi connectivity index (χ0n) is 18.1. The van der Waals surface area contributed by atoms with Crippen LogP contribution >= 0.6 is 0 Å². The van der Waals surface area contributed by atoms with Gasteiger partial charge in [-0.15, -0.1) is 0 Å². The Labute approximate surface area is 191 Å². The number of likely N-dealkylation sites (tertiary alicyclic amines) is 1. The molecular weight excluding hydrogens is 450 g/mol. The van der Waals surface area contributed by atoms with Crippen LogP contribution in [-0.4, -0.2) is 72.7 Å². The third-order valence-electron chi connectivity index (χ3n) is 6.61. The van der Waals surface area contributed by atoms with Gasteiger partial charge in [0.1, 0.15) is 17.2 Å². The Kier molecular flexibility index (Phi) is 6.66. The molecule has 0 aliphatic carbocycles. The van der Waals surface area contributed by atoms with E-state index in [4.69, 9.17) is 0 Å². The molecule has 2 aliphatic heterocycles. The lowest BCUT2D eigenvalue weighted by Crippen LogP contribution is -2.45. The molecule has 2 fully saturated rings. The number of hydrogen-bond acceptors (Lipinski definition) is 8. The molecule has 2 aromatic heterocycles. The number of carbonyl (C=O) groups is 2. The summed E-state index contributed by atoms with van der Waals surface area (Å²) < 4.78 is 31.1. The number of aliphatic carboxylic acids is 1. The second-order valence-corrected chi connectivity index (χ2v) is 10.4. The van der Waals surface area contributed by atoms with Crippen LogP contribution < -0.4 is 9.62 Å². The zero-order valence-corrected chi connectivity index (χ0v) is 18.9. The molecule has 0 bridgehead atoms. The smallest absolute Gasteiger partial charge is 0.321 e. The van der Waals surface area contributed by atoms with E-state index in [9.17, 15) is 23.1 Å². The highest BCUT2D eigenvalue weighted by molar-refractivity contribution is 7.89. The molecule has 2 N–H and O–H groups in total. The molecule has 1 amide bonds. The summed E-state index contributed by atoms with van der Waals surface area (Å²) in [6, 6.07) is 2.59. The van der Waals surface area contributed by atoms with Crippen LogP contribution in [0.4, 0.5) is 5.69 Å². The van der Waals surface area contributed by atoms with Crippen LogP contribution in [0.2, 0.25) is 0 Å². The molecule has 0 saturated carbocycles. The largest absolute Gasteiger partial charge is 0.480 e. The lowest BCUT2D eigenvalue weighted by Gasteiger charge is -2.39. The minimum Gasteiger partial charge on any atom is -0.480 e. The van der Waals surface area contributed by atoms with E-state index < -0.39 is 22.0 Å². The van der Waals surface area contributed by atoms with Crippen molar-refractivity contribution in [3.05, 3.63) is 37.0 Å². The van der Waals surface area contributed by atoms with Crippen molar-refractivity contribution in [2.24, 2.45) is 5.41 Å². The molecule has 33 heavy (non-hydrogen) atoms. The maximum Gasteiger partial charge on any atom is 0.321 e. The van der Waals surface area contributed by atoms with Crippen LogP contribution in [-0.2, 0) is 19.6 Å². The van der Waals surface area contributed by atoms with Gasteiger partial charge in [-0.3, -0.25) is 14.6 Å². The van der Waals surface area contributed by atoms with Crippen molar-refractivity contribution < 1.29 is 27.6 Å². The van der Waals surface area contributed by atoms with Crippen LogP contribution in [0, 0.1) is 5.41 Å². The van der Waals surface area contributed by atoms with Gasteiger partial charge in [-0.05, 0) is 43.2 Å². The lowest BCUT2D eigenvalue weighted by atomic mass is 9.77. The molecule has 4 heterocycles. The highest BCUT2D eigenvalue weighted by Crippen LogP contribution is 2.41. The maximum atomic E-state index is 12.7. The number of pyridine rings is 1. The molecule has 4 rings (SSSR count). The molecule has 1 spiro atoms. The monoisotopic (exact) mass is 477 g/mol. The Bertz CT molecular complexity index is 1070. The second kappa shape index (κ2) is 9.48. The first-order valence-electron chi connectivity index (χ1n) is 10.9. The van der Waals surface area contributed by atoms with E-state index in [1.807, 2.05) is 12.1 Å². The van der Waals surface area contributed by atoms with E-state index in [1.54, 1.807) is 17.3 Å². The number of hydrogen-bond donors (Lipinski definition) is 2. The number of nitrogens with one attached hydrogen (secondary N) is 1. The molecular formula is C21H27N5O6S. The van der Waals surface area contributed by atoms with Crippen molar-refractivity contribution in [3.63, 3.8) is 0 Å². The molecule has 0 radical (unpaired) electrons. The zero-order chi connectivity index (χ0) is 23.5. The Morgan fingerprint density at radius 3 is 2.52 bits per heavy atom. The Morgan fingerprint density at radius 2 is 1.88 bits per heavy atom. The molecule has 2 aromatic rings. The quantitative estimate of drug-likeness (QED) is 0.570. The van der Waals surface area contributed by atoms with Crippen molar-refractivity contribution in [3.8, 4) is 0 Å². The molecule has 2 aliphatic rings. The van der Waals surface area contributed by atoms with Gasteiger partial charge in [0, 0.05) is 50.7 Å². The average Bonchev–Trinajstić information content (AvgIpc) is 3.49. The van der Waals surface area contributed by atoms with Crippen molar-refractivity contribution >= 4 is 27.6 Å². The summed E-state index contributed by atoms with van der Waals surface area (Å²) in [5.41, 5.74) is 1.34. The number of rotatable bonds is 8. The summed E-state index contributed by atoms with van der Waals surface area (Å²) in [4.78, 5) is 32.2. The fraction of sp³-hybridized carbons (Fsp3) is 0.524. The number of sulfonamides is 1. The van der Waals surface area contributed by atoms with Gasteiger partial charge in [-0.2, -0.15) is 4.72 Å². The van der Waals surface area contributed by atoms with Crippen molar-refractivity contribution in [1.29, 1.82) is 0 Å². The fourth-order valence-corrected chi connectivity index (χ4v) is 5.67. The maximum absolute atomic E-state index is 12.7. The number of carboxylic acids is 1. The summed E-state index contributed by atoms with van der Waals surface area (Å²) in [5.74, 6) is -1.51. The minimum absolute atomic E-state index is 0.0563. The number of amides is 1. The van der Waals surface area contributed by atoms with E-state index in [0.29, 0.717) is 13.1 Å². The van der Waals surface area contributed by atoms with Gasteiger partial charge in [-0.25, -0.2) is 8.42 Å². The standard InChI is InChI=1S/C21H27N5O6S/c27-19(2-1-18(20(28)29)24-33(30,31)17-13-23-32-14-17)25-10-5-21(6-11-25)7-12-26(15-21)16-3-8-22-9-4-16/h3-4,8-9,13-14,18,24H,1-2,5-7,10-12,15H2,(H,28,29)/t18-/m0/s1. The summed E-state index contributed by atoms with van der Waals surface area (Å²) in [6.45, 7) is 3.16. The van der Waals surface area contributed by atoms with Gasteiger partial charge in [0.2, 0.25) is 15.9 Å². The van der Waals surface area contributed by atoms with Crippen molar-refractivity contribution in [2.45, 2.75) is 43.0 Å². The first-order chi connectivity index (χ1) is 15.8. The lowest BCUT2D eigenvalue weighted by molar-refractivity contribution is -0.139. The molecule has 11 nitrogen and oxygen atoms in total. The predicted molar refractivity (Wildman–Crippen MR) is 117 cm³/mol. The van der Waals surface area contributed by atoms with Crippen LogP contribution in [0.15, 0.2) is 46.4 Å². The minimum atomic E-state index is -4.10. The number of carboxylic acid groups (broad SMARTS) is 1. The topological polar surface area (TPSA) is 146 Å². The average molecular weight is 478 g/mol. The Hall–Kier alpha value is -2.99. The summed E-state index contributed by atoms with van der Waals surface area (Å²) >= 11 is 0. The van der Waals surface area contributed by atoms with Crippen molar-refractivity contribution in [1.82, 2.24) is 19.8 Å². The second-order valence-electron chi connectivity index (χ2n) is 8.67. The SMILES string of the molecule is O=C(O)[C@H](CCC(=O)N1CCC2(CC1)CCN(c1ccncc1)C2)NS(=O)(=O)c1cnoc1. The fourth-order valence-electron chi connectivity index (χ4n) is 4.59. The van der Waals surface area contributed by atoms with E-state index in [-0.39, 0.29) is 29.1 Å². The first kappa shape index (κ1) is 23.2.